The zero-order chi connectivity index (χ0) is 13.3. The highest BCUT2D eigenvalue weighted by molar-refractivity contribution is 5.92. The number of methoxy groups -OCH3 is 1. The Morgan fingerprint density at radius 1 is 1.44 bits per heavy atom. The first-order valence-electron chi connectivity index (χ1n) is 5.54. The summed E-state index contributed by atoms with van der Waals surface area (Å²) in [6.45, 7) is 2.27. The molecule has 2 rings (SSSR count). The van der Waals surface area contributed by atoms with Gasteiger partial charge in [-0.2, -0.15) is 0 Å². The molecular formula is C13H13NO4. The molecule has 0 saturated carbocycles. The minimum Gasteiger partial charge on any atom is -0.495 e. The maximum Gasteiger partial charge on any atom is 0.352 e. The molecule has 0 aliphatic carbocycles. The summed E-state index contributed by atoms with van der Waals surface area (Å²) in [5.41, 5.74) is 0.179. The monoisotopic (exact) mass is 247 g/mol. The number of nitrogens with zero attached hydrogens (tertiary/aromatic N) is 1. The van der Waals surface area contributed by atoms with Crippen molar-refractivity contribution in [1.29, 1.82) is 0 Å². The molecule has 0 aliphatic rings. The molecule has 1 N–H and O–H groups in total. The molecule has 1 heterocycles. The van der Waals surface area contributed by atoms with E-state index in [9.17, 15) is 9.59 Å². The zero-order valence-corrected chi connectivity index (χ0v) is 10.1. The molecule has 5 heteroatoms. The summed E-state index contributed by atoms with van der Waals surface area (Å²) < 4.78 is 6.77. The first-order chi connectivity index (χ1) is 8.60. The summed E-state index contributed by atoms with van der Waals surface area (Å²) in [5.74, 6) is -0.628. The number of aromatic carboxylic acids is 1. The predicted octanol–water partition coefficient (Wildman–Crippen LogP) is 1.73. The Balaban J connectivity index is 3.02. The molecule has 0 atom stereocenters. The van der Waals surface area contributed by atoms with Crippen LogP contribution in [0.15, 0.2) is 29.1 Å². The van der Waals surface area contributed by atoms with Gasteiger partial charge in [-0.1, -0.05) is 6.07 Å². The number of carboxylic acid groups (broad SMARTS) is 1. The van der Waals surface area contributed by atoms with Gasteiger partial charge in [0.1, 0.15) is 11.4 Å². The van der Waals surface area contributed by atoms with Gasteiger partial charge in [0.05, 0.1) is 12.6 Å². The molecule has 5 nitrogen and oxygen atoms in total. The van der Waals surface area contributed by atoms with Crippen molar-refractivity contribution in [2.24, 2.45) is 0 Å². The number of benzene rings is 1. The lowest BCUT2D eigenvalue weighted by molar-refractivity contribution is 0.0685. The summed E-state index contributed by atoms with van der Waals surface area (Å²) >= 11 is 0. The van der Waals surface area contributed by atoms with Crippen LogP contribution in [0.4, 0.5) is 0 Å². The van der Waals surface area contributed by atoms with Crippen LogP contribution in [0.25, 0.3) is 10.9 Å². The third kappa shape index (κ3) is 1.73. The van der Waals surface area contributed by atoms with E-state index in [1.807, 2.05) is 6.92 Å². The van der Waals surface area contributed by atoms with E-state index >= 15 is 0 Å². The topological polar surface area (TPSA) is 68.5 Å². The van der Waals surface area contributed by atoms with E-state index in [1.54, 1.807) is 22.8 Å². The SMILES string of the molecule is CCn1c(C(=O)O)cc(=O)c2cccc(OC)c21. The van der Waals surface area contributed by atoms with Crippen LogP contribution in [0.3, 0.4) is 0 Å². The normalized spacial score (nSPS) is 10.6. The summed E-state index contributed by atoms with van der Waals surface area (Å²) in [6, 6.07) is 6.23. The fraction of sp³-hybridized carbons (Fsp3) is 0.231. The van der Waals surface area contributed by atoms with Gasteiger partial charge >= 0.3 is 5.97 Å². The van der Waals surface area contributed by atoms with Crippen LogP contribution >= 0.6 is 0 Å². The zero-order valence-electron chi connectivity index (χ0n) is 10.1. The van der Waals surface area contributed by atoms with Gasteiger partial charge in [-0.3, -0.25) is 4.79 Å². The van der Waals surface area contributed by atoms with E-state index < -0.39 is 5.97 Å². The fourth-order valence-corrected chi connectivity index (χ4v) is 2.07. The van der Waals surface area contributed by atoms with E-state index in [1.165, 1.54) is 7.11 Å². The van der Waals surface area contributed by atoms with Gasteiger partial charge < -0.3 is 14.4 Å². The average Bonchev–Trinajstić information content (AvgIpc) is 2.37. The van der Waals surface area contributed by atoms with E-state index in [4.69, 9.17) is 9.84 Å². The number of pyridine rings is 1. The Bertz CT molecular complexity index is 672. The van der Waals surface area contributed by atoms with E-state index in [0.717, 1.165) is 6.07 Å². The summed E-state index contributed by atoms with van der Waals surface area (Å²) in [4.78, 5) is 23.1. The van der Waals surface area contributed by atoms with Gasteiger partial charge in [0.25, 0.3) is 0 Å². The van der Waals surface area contributed by atoms with Crippen LogP contribution < -0.4 is 10.2 Å². The Morgan fingerprint density at radius 2 is 2.17 bits per heavy atom. The van der Waals surface area contributed by atoms with Crippen LogP contribution in [-0.2, 0) is 6.54 Å². The van der Waals surface area contributed by atoms with Gasteiger partial charge in [-0.05, 0) is 19.1 Å². The molecule has 0 aliphatic heterocycles. The molecule has 2 aromatic rings. The number of carbonyl (C=O) groups is 1. The van der Waals surface area contributed by atoms with Crippen molar-refractivity contribution in [1.82, 2.24) is 4.57 Å². The standard InChI is InChI=1S/C13H13NO4/c1-3-14-9(13(16)17)7-10(15)8-5-4-6-11(18-2)12(8)14/h4-7H,3H2,1-2H3,(H,16,17). The minimum absolute atomic E-state index is 0.0282. The first kappa shape index (κ1) is 12.2. The van der Waals surface area contributed by atoms with Gasteiger partial charge in [0.15, 0.2) is 5.43 Å². The van der Waals surface area contributed by atoms with Crippen LogP contribution in [0, 0.1) is 0 Å². The third-order valence-electron chi connectivity index (χ3n) is 2.85. The lowest BCUT2D eigenvalue weighted by Gasteiger charge is -2.14. The van der Waals surface area contributed by atoms with Gasteiger partial charge in [0.2, 0.25) is 0 Å². The highest BCUT2D eigenvalue weighted by Gasteiger charge is 2.15. The molecule has 18 heavy (non-hydrogen) atoms. The number of carboxylic acids is 1. The molecule has 0 unspecified atom stereocenters. The number of hydrogen-bond donors (Lipinski definition) is 1. The quantitative estimate of drug-likeness (QED) is 0.896. The Kier molecular flexibility index (Phi) is 3.06. The Morgan fingerprint density at radius 3 is 2.72 bits per heavy atom. The van der Waals surface area contributed by atoms with Gasteiger partial charge in [-0.25, -0.2) is 4.79 Å². The van der Waals surface area contributed by atoms with Crippen LogP contribution in [-0.4, -0.2) is 22.8 Å². The van der Waals surface area contributed by atoms with Crippen molar-refractivity contribution in [3.8, 4) is 5.75 Å². The van der Waals surface area contributed by atoms with Crippen LogP contribution in [0.1, 0.15) is 17.4 Å². The number of aromatic nitrogens is 1. The number of aryl methyl sites for hydroxylation is 1. The highest BCUT2D eigenvalue weighted by Crippen LogP contribution is 2.24. The van der Waals surface area contributed by atoms with E-state index in [-0.39, 0.29) is 11.1 Å². The molecule has 0 spiro atoms. The second-order valence-corrected chi connectivity index (χ2v) is 3.80. The number of para-hydroxylation sites is 1. The Labute approximate surface area is 103 Å². The average molecular weight is 247 g/mol. The lowest BCUT2D eigenvalue weighted by Crippen LogP contribution is -2.18. The van der Waals surface area contributed by atoms with Crippen LogP contribution in [0.5, 0.6) is 5.75 Å². The molecule has 1 aromatic heterocycles. The minimum atomic E-state index is -1.12. The number of rotatable bonds is 3. The Hall–Kier alpha value is -2.30. The second kappa shape index (κ2) is 4.52. The molecule has 94 valence electrons. The molecule has 1 aromatic carbocycles. The maximum absolute atomic E-state index is 11.9. The van der Waals surface area contributed by atoms with Crippen molar-refractivity contribution in [3.63, 3.8) is 0 Å². The molecule has 0 saturated heterocycles. The van der Waals surface area contributed by atoms with Crippen molar-refractivity contribution in [2.45, 2.75) is 13.5 Å². The van der Waals surface area contributed by atoms with Crippen molar-refractivity contribution >= 4 is 16.9 Å². The third-order valence-corrected chi connectivity index (χ3v) is 2.85. The molecule has 0 amide bonds. The summed E-state index contributed by atoms with van der Waals surface area (Å²) in [6.07, 6.45) is 0. The van der Waals surface area contributed by atoms with Crippen LogP contribution in [0.2, 0.25) is 0 Å². The van der Waals surface area contributed by atoms with Gasteiger partial charge in [0, 0.05) is 18.0 Å². The van der Waals surface area contributed by atoms with Crippen molar-refractivity contribution < 1.29 is 14.6 Å². The molecule has 0 bridgehead atoms. The summed E-state index contributed by atoms with van der Waals surface area (Å²) in [5, 5.41) is 9.60. The molecular weight excluding hydrogens is 234 g/mol. The largest absolute Gasteiger partial charge is 0.495 e. The van der Waals surface area contributed by atoms with E-state index in [2.05, 4.69) is 0 Å². The van der Waals surface area contributed by atoms with Crippen molar-refractivity contribution in [3.05, 3.63) is 40.2 Å². The number of fused-ring (bicyclic) bond motifs is 1. The fourth-order valence-electron chi connectivity index (χ4n) is 2.07. The lowest BCUT2D eigenvalue weighted by atomic mass is 10.1. The second-order valence-electron chi connectivity index (χ2n) is 3.80. The first-order valence-corrected chi connectivity index (χ1v) is 5.54. The summed E-state index contributed by atoms with van der Waals surface area (Å²) in [7, 11) is 1.49. The molecule has 0 fully saturated rings. The highest BCUT2D eigenvalue weighted by atomic mass is 16.5. The predicted molar refractivity (Wildman–Crippen MR) is 67.4 cm³/mol. The van der Waals surface area contributed by atoms with Crippen molar-refractivity contribution in [2.75, 3.05) is 7.11 Å². The molecule has 0 radical (unpaired) electrons. The van der Waals surface area contributed by atoms with Gasteiger partial charge in [-0.15, -0.1) is 0 Å². The van der Waals surface area contributed by atoms with E-state index in [0.29, 0.717) is 23.2 Å². The number of ether oxygens (including phenoxy) is 1. The smallest absolute Gasteiger partial charge is 0.352 e. The number of hydrogen-bond acceptors (Lipinski definition) is 3. The maximum atomic E-state index is 11.9.